The third-order valence-electron chi connectivity index (χ3n) is 3.47. The molecule has 3 rings (SSSR count). The van der Waals surface area contributed by atoms with Gasteiger partial charge in [0.1, 0.15) is 5.82 Å². The molecule has 26 heavy (non-hydrogen) atoms. The molecular formula is C18H12Cl3N3O2. The first-order valence-electron chi connectivity index (χ1n) is 7.44. The average molecular weight is 409 g/mol. The Morgan fingerprint density at radius 3 is 2.23 bits per heavy atom. The molecule has 3 aromatic rings. The van der Waals surface area contributed by atoms with Crippen LogP contribution in [0.1, 0.15) is 15.9 Å². The van der Waals surface area contributed by atoms with Crippen LogP contribution in [0, 0.1) is 0 Å². The van der Waals surface area contributed by atoms with E-state index in [0.29, 0.717) is 32.7 Å². The number of anilines is 2. The van der Waals surface area contributed by atoms with Gasteiger partial charge >= 0.3 is 6.03 Å². The second-order valence-electron chi connectivity index (χ2n) is 5.34. The van der Waals surface area contributed by atoms with E-state index >= 15 is 0 Å². The van der Waals surface area contributed by atoms with Gasteiger partial charge in [-0.05, 0) is 48.5 Å². The molecule has 0 unspecified atom stereocenters. The fourth-order valence-electron chi connectivity index (χ4n) is 2.24. The third-order valence-corrected chi connectivity index (χ3v) is 4.27. The van der Waals surface area contributed by atoms with Crippen LogP contribution in [0.2, 0.25) is 15.1 Å². The van der Waals surface area contributed by atoms with Crippen LogP contribution < -0.4 is 10.6 Å². The number of amides is 2. The summed E-state index contributed by atoms with van der Waals surface area (Å²) in [6, 6.07) is 12.4. The number of carbonyl (C=O) groups is 2. The number of hydrogen-bond acceptors (Lipinski definition) is 2. The number of aromatic nitrogens is 1. The Labute approximate surface area is 164 Å². The van der Waals surface area contributed by atoms with Crippen molar-refractivity contribution in [2.45, 2.75) is 0 Å². The van der Waals surface area contributed by atoms with E-state index in [1.807, 2.05) is 0 Å². The molecule has 3 N–H and O–H groups in total. The van der Waals surface area contributed by atoms with Crippen LogP contribution in [0.4, 0.5) is 16.3 Å². The van der Waals surface area contributed by atoms with Gasteiger partial charge in [0.2, 0.25) is 0 Å². The van der Waals surface area contributed by atoms with E-state index in [9.17, 15) is 9.59 Å². The quantitative estimate of drug-likeness (QED) is 0.474. The van der Waals surface area contributed by atoms with Crippen molar-refractivity contribution in [3.8, 4) is 0 Å². The van der Waals surface area contributed by atoms with Gasteiger partial charge in [0.25, 0.3) is 0 Å². The topological polar surface area (TPSA) is 74.0 Å². The van der Waals surface area contributed by atoms with E-state index in [-0.39, 0.29) is 10.8 Å². The number of carbonyl (C=O) groups excluding carboxylic acids is 2. The zero-order valence-corrected chi connectivity index (χ0v) is 15.4. The monoisotopic (exact) mass is 407 g/mol. The molecule has 5 nitrogen and oxygen atoms in total. The fourth-order valence-corrected chi connectivity index (χ4v) is 2.86. The van der Waals surface area contributed by atoms with Crippen molar-refractivity contribution in [2.24, 2.45) is 0 Å². The Morgan fingerprint density at radius 2 is 1.54 bits per heavy atom. The van der Waals surface area contributed by atoms with Crippen LogP contribution >= 0.6 is 34.8 Å². The van der Waals surface area contributed by atoms with Crippen molar-refractivity contribution in [1.82, 2.24) is 4.98 Å². The maximum absolute atomic E-state index is 12.5. The summed E-state index contributed by atoms with van der Waals surface area (Å²) >= 11 is 17.7. The molecule has 0 bridgehead atoms. The molecule has 132 valence electrons. The summed E-state index contributed by atoms with van der Waals surface area (Å²) in [6.07, 6.45) is 1.49. The van der Waals surface area contributed by atoms with Gasteiger partial charge in [-0.25, -0.2) is 4.79 Å². The summed E-state index contributed by atoms with van der Waals surface area (Å²) in [5, 5.41) is 6.55. The lowest BCUT2D eigenvalue weighted by molar-refractivity contribution is 0.103. The molecule has 0 aliphatic heterocycles. The Hall–Kier alpha value is -2.47. The van der Waals surface area contributed by atoms with Crippen LogP contribution in [0.15, 0.2) is 54.7 Å². The minimum atomic E-state index is -0.460. The van der Waals surface area contributed by atoms with E-state index in [1.165, 1.54) is 18.3 Å². The Balaban J connectivity index is 1.68. The SMILES string of the molecule is O=C(Nc1ccc(Cl)cc1)Nc1cc(C(=O)c2ccc(Cl)cc2Cl)c[nH]1. The number of nitrogens with one attached hydrogen (secondary N) is 3. The van der Waals surface area contributed by atoms with E-state index in [2.05, 4.69) is 15.6 Å². The van der Waals surface area contributed by atoms with Crippen LogP contribution in [-0.4, -0.2) is 16.8 Å². The molecule has 0 radical (unpaired) electrons. The van der Waals surface area contributed by atoms with Crippen LogP contribution in [0.3, 0.4) is 0 Å². The lowest BCUT2D eigenvalue weighted by Crippen LogP contribution is -2.19. The second-order valence-corrected chi connectivity index (χ2v) is 6.62. The smallest absolute Gasteiger partial charge is 0.324 e. The van der Waals surface area contributed by atoms with Crippen molar-refractivity contribution in [3.63, 3.8) is 0 Å². The molecule has 2 amide bonds. The zero-order chi connectivity index (χ0) is 18.7. The maximum Gasteiger partial charge on any atom is 0.324 e. The molecule has 0 fully saturated rings. The normalized spacial score (nSPS) is 10.4. The van der Waals surface area contributed by atoms with E-state index in [0.717, 1.165) is 0 Å². The molecule has 8 heteroatoms. The lowest BCUT2D eigenvalue weighted by Gasteiger charge is -2.06. The number of benzene rings is 2. The molecular weight excluding hydrogens is 397 g/mol. The molecule has 2 aromatic carbocycles. The van der Waals surface area contributed by atoms with Crippen LogP contribution in [0.5, 0.6) is 0 Å². The van der Waals surface area contributed by atoms with Crippen molar-refractivity contribution in [1.29, 1.82) is 0 Å². The maximum atomic E-state index is 12.5. The number of halogens is 3. The Bertz CT molecular complexity index is 968. The number of ketones is 1. The molecule has 1 heterocycles. The number of rotatable bonds is 4. The first-order chi connectivity index (χ1) is 12.4. The van der Waals surface area contributed by atoms with Crippen LogP contribution in [0.25, 0.3) is 0 Å². The van der Waals surface area contributed by atoms with Gasteiger partial charge in [0.05, 0.1) is 5.02 Å². The van der Waals surface area contributed by atoms with Crippen molar-refractivity contribution >= 4 is 58.1 Å². The largest absolute Gasteiger partial charge is 0.347 e. The molecule has 0 spiro atoms. The van der Waals surface area contributed by atoms with E-state index < -0.39 is 6.03 Å². The van der Waals surface area contributed by atoms with Gasteiger partial charge in [0, 0.05) is 33.1 Å². The number of hydrogen-bond donors (Lipinski definition) is 3. The fraction of sp³-hybridized carbons (Fsp3) is 0. The number of aromatic amines is 1. The van der Waals surface area contributed by atoms with Gasteiger partial charge < -0.3 is 10.3 Å². The summed E-state index contributed by atoms with van der Waals surface area (Å²) < 4.78 is 0. The second kappa shape index (κ2) is 7.83. The first kappa shape index (κ1) is 18.3. The van der Waals surface area contributed by atoms with Gasteiger partial charge in [-0.3, -0.25) is 10.1 Å². The predicted octanol–water partition coefficient (Wildman–Crippen LogP) is 5.85. The summed E-state index contributed by atoms with van der Waals surface area (Å²) in [5.74, 6) is 0.0824. The number of urea groups is 1. The van der Waals surface area contributed by atoms with Crippen LogP contribution in [-0.2, 0) is 0 Å². The van der Waals surface area contributed by atoms with Gasteiger partial charge in [-0.2, -0.15) is 0 Å². The summed E-state index contributed by atoms with van der Waals surface area (Å²) in [6.45, 7) is 0. The van der Waals surface area contributed by atoms with E-state index in [1.54, 1.807) is 36.4 Å². The van der Waals surface area contributed by atoms with Crippen molar-refractivity contribution in [3.05, 3.63) is 80.9 Å². The zero-order valence-electron chi connectivity index (χ0n) is 13.1. The Morgan fingerprint density at radius 1 is 0.846 bits per heavy atom. The lowest BCUT2D eigenvalue weighted by atomic mass is 10.1. The highest BCUT2D eigenvalue weighted by Crippen LogP contribution is 2.24. The molecule has 0 aliphatic carbocycles. The standard InChI is InChI=1S/C18H12Cl3N3O2/c19-11-1-4-13(5-2-11)23-18(26)24-16-7-10(9-22-16)17(25)14-6-3-12(20)8-15(14)21/h1-9,22H,(H2,23,24,26). The summed E-state index contributed by atoms with van der Waals surface area (Å²) in [5.41, 5.74) is 1.27. The summed E-state index contributed by atoms with van der Waals surface area (Å²) in [7, 11) is 0. The third kappa shape index (κ3) is 4.38. The highest BCUT2D eigenvalue weighted by Gasteiger charge is 2.15. The van der Waals surface area contributed by atoms with E-state index in [4.69, 9.17) is 34.8 Å². The molecule has 1 aromatic heterocycles. The minimum Gasteiger partial charge on any atom is -0.347 e. The highest BCUT2D eigenvalue weighted by molar-refractivity contribution is 6.37. The Kier molecular flexibility index (Phi) is 5.52. The highest BCUT2D eigenvalue weighted by atomic mass is 35.5. The van der Waals surface area contributed by atoms with Gasteiger partial charge in [-0.1, -0.05) is 34.8 Å². The van der Waals surface area contributed by atoms with Crippen molar-refractivity contribution < 1.29 is 9.59 Å². The summed E-state index contributed by atoms with van der Waals surface area (Å²) in [4.78, 5) is 27.4. The predicted molar refractivity (Wildman–Crippen MR) is 105 cm³/mol. The molecule has 0 saturated heterocycles. The van der Waals surface area contributed by atoms with Gasteiger partial charge in [0.15, 0.2) is 5.78 Å². The van der Waals surface area contributed by atoms with Gasteiger partial charge in [-0.15, -0.1) is 0 Å². The molecule has 0 atom stereocenters. The molecule has 0 saturated carbocycles. The molecule has 0 aliphatic rings. The number of H-pyrrole nitrogens is 1. The minimum absolute atomic E-state index is 0.263. The van der Waals surface area contributed by atoms with Crippen molar-refractivity contribution in [2.75, 3.05) is 10.6 Å². The first-order valence-corrected chi connectivity index (χ1v) is 8.57. The average Bonchev–Trinajstić information content (AvgIpc) is 3.05.